The summed E-state index contributed by atoms with van der Waals surface area (Å²) < 4.78 is 23.8. The second-order valence-corrected chi connectivity index (χ2v) is 6.72. The Balaban J connectivity index is 1.77. The first kappa shape index (κ1) is 22.5. The van der Waals surface area contributed by atoms with Crippen LogP contribution in [0, 0.1) is 5.82 Å². The maximum Gasteiger partial charge on any atom is 0.273 e. The Kier molecular flexibility index (Phi) is 7.17. The van der Waals surface area contributed by atoms with Crippen LogP contribution in [0.5, 0.6) is 11.5 Å². The molecule has 164 valence electrons. The standard InChI is InChI=1S/C24H22FN3O4/c1-15(16-7-6-8-18(25)13-16)27-28-24(30)19-9-4-5-10-20(19)26-23(29)17-11-12-21(31-2)22(14-17)32-3/h4-14H,1-3H3,(H,26,29)(H,28,30). The van der Waals surface area contributed by atoms with Crippen LogP contribution in [0.2, 0.25) is 0 Å². The first-order valence-corrected chi connectivity index (χ1v) is 9.66. The second kappa shape index (κ2) is 10.2. The van der Waals surface area contributed by atoms with Crippen molar-refractivity contribution in [3.63, 3.8) is 0 Å². The van der Waals surface area contributed by atoms with Crippen molar-refractivity contribution in [1.82, 2.24) is 5.43 Å². The van der Waals surface area contributed by atoms with Crippen LogP contribution in [-0.2, 0) is 0 Å². The number of rotatable bonds is 7. The molecule has 7 nitrogen and oxygen atoms in total. The van der Waals surface area contributed by atoms with E-state index in [9.17, 15) is 14.0 Å². The van der Waals surface area contributed by atoms with Gasteiger partial charge in [-0.25, -0.2) is 9.82 Å². The van der Waals surface area contributed by atoms with E-state index < -0.39 is 17.6 Å². The molecule has 0 spiro atoms. The summed E-state index contributed by atoms with van der Waals surface area (Å²) in [6.45, 7) is 1.65. The van der Waals surface area contributed by atoms with Gasteiger partial charge < -0.3 is 14.8 Å². The molecule has 0 saturated heterocycles. The highest BCUT2D eigenvalue weighted by Crippen LogP contribution is 2.28. The molecule has 0 fully saturated rings. The number of ether oxygens (including phenoxy) is 2. The zero-order valence-corrected chi connectivity index (χ0v) is 17.8. The molecule has 0 atom stereocenters. The van der Waals surface area contributed by atoms with Crippen LogP contribution in [0.15, 0.2) is 71.8 Å². The van der Waals surface area contributed by atoms with Crippen LogP contribution < -0.4 is 20.2 Å². The first-order chi connectivity index (χ1) is 15.4. The summed E-state index contributed by atoms with van der Waals surface area (Å²) in [6, 6.07) is 17.2. The number of hydrogen-bond donors (Lipinski definition) is 2. The number of benzene rings is 3. The molecule has 0 aliphatic carbocycles. The van der Waals surface area contributed by atoms with Crippen LogP contribution in [0.1, 0.15) is 33.2 Å². The number of amides is 2. The summed E-state index contributed by atoms with van der Waals surface area (Å²) >= 11 is 0. The SMILES string of the molecule is COc1ccc(C(=O)Nc2ccccc2C(=O)NN=C(C)c2cccc(F)c2)cc1OC. The van der Waals surface area contributed by atoms with Gasteiger partial charge in [-0.05, 0) is 49.4 Å². The number of para-hydroxylation sites is 1. The average Bonchev–Trinajstić information content (AvgIpc) is 2.82. The van der Waals surface area contributed by atoms with Gasteiger partial charge in [0.15, 0.2) is 11.5 Å². The summed E-state index contributed by atoms with van der Waals surface area (Å²) in [4.78, 5) is 25.4. The molecule has 0 bridgehead atoms. The Labute approximate surface area is 184 Å². The lowest BCUT2D eigenvalue weighted by Crippen LogP contribution is -2.22. The van der Waals surface area contributed by atoms with Gasteiger partial charge in [0.1, 0.15) is 5.82 Å². The van der Waals surface area contributed by atoms with Crippen LogP contribution in [0.25, 0.3) is 0 Å². The summed E-state index contributed by atoms with van der Waals surface area (Å²) in [5, 5.41) is 6.77. The van der Waals surface area contributed by atoms with Crippen LogP contribution in [0.3, 0.4) is 0 Å². The van der Waals surface area contributed by atoms with Gasteiger partial charge in [-0.15, -0.1) is 0 Å². The van der Waals surface area contributed by atoms with E-state index in [2.05, 4.69) is 15.8 Å². The quantitative estimate of drug-likeness (QED) is 0.429. The number of nitrogens with zero attached hydrogens (tertiary/aromatic N) is 1. The van der Waals surface area contributed by atoms with E-state index in [0.29, 0.717) is 34.0 Å². The lowest BCUT2D eigenvalue weighted by molar-refractivity contribution is 0.0955. The lowest BCUT2D eigenvalue weighted by atomic mass is 10.1. The number of hydrogen-bond acceptors (Lipinski definition) is 5. The van der Waals surface area contributed by atoms with E-state index in [1.54, 1.807) is 61.5 Å². The van der Waals surface area contributed by atoms with E-state index >= 15 is 0 Å². The number of carbonyl (C=O) groups excluding carboxylic acids is 2. The van der Waals surface area contributed by atoms with E-state index in [-0.39, 0.29) is 5.56 Å². The molecule has 3 rings (SSSR count). The molecular weight excluding hydrogens is 413 g/mol. The fraction of sp³-hybridized carbons (Fsp3) is 0.125. The topological polar surface area (TPSA) is 89.0 Å². The summed E-state index contributed by atoms with van der Waals surface area (Å²) in [5.74, 6) is -0.440. The third kappa shape index (κ3) is 5.28. The average molecular weight is 435 g/mol. The summed E-state index contributed by atoms with van der Waals surface area (Å²) in [7, 11) is 2.98. The maximum atomic E-state index is 13.4. The zero-order chi connectivity index (χ0) is 23.1. The molecule has 0 unspecified atom stereocenters. The minimum atomic E-state index is -0.524. The molecule has 0 radical (unpaired) electrons. The van der Waals surface area contributed by atoms with Gasteiger partial charge in [-0.3, -0.25) is 9.59 Å². The van der Waals surface area contributed by atoms with E-state index in [4.69, 9.17) is 9.47 Å². The molecule has 0 saturated carbocycles. The fourth-order valence-electron chi connectivity index (χ4n) is 2.93. The van der Waals surface area contributed by atoms with Crippen LogP contribution in [-0.4, -0.2) is 31.7 Å². The predicted molar refractivity (Wildman–Crippen MR) is 120 cm³/mol. The highest BCUT2D eigenvalue weighted by molar-refractivity contribution is 6.09. The van der Waals surface area contributed by atoms with Gasteiger partial charge in [0.25, 0.3) is 11.8 Å². The molecule has 2 amide bonds. The highest BCUT2D eigenvalue weighted by atomic mass is 19.1. The van der Waals surface area contributed by atoms with Crippen molar-refractivity contribution in [3.8, 4) is 11.5 Å². The number of nitrogens with one attached hydrogen (secondary N) is 2. The number of methoxy groups -OCH3 is 2. The Morgan fingerprint density at radius 3 is 2.31 bits per heavy atom. The largest absolute Gasteiger partial charge is 0.493 e. The molecule has 0 aliphatic heterocycles. The molecule has 2 N–H and O–H groups in total. The number of hydrazone groups is 1. The molecule has 8 heteroatoms. The third-order valence-corrected chi connectivity index (χ3v) is 4.63. The Hall–Kier alpha value is -4.20. The molecule has 0 aliphatic rings. The number of carbonyl (C=O) groups is 2. The molecule has 3 aromatic carbocycles. The van der Waals surface area contributed by atoms with Crippen molar-refractivity contribution in [1.29, 1.82) is 0 Å². The molecule has 32 heavy (non-hydrogen) atoms. The third-order valence-electron chi connectivity index (χ3n) is 4.63. The van der Waals surface area contributed by atoms with E-state index in [1.165, 1.54) is 26.4 Å². The van der Waals surface area contributed by atoms with Crippen LogP contribution >= 0.6 is 0 Å². The van der Waals surface area contributed by atoms with Gasteiger partial charge in [-0.1, -0.05) is 24.3 Å². The van der Waals surface area contributed by atoms with Crippen molar-refractivity contribution in [2.24, 2.45) is 5.10 Å². The Morgan fingerprint density at radius 2 is 1.59 bits per heavy atom. The molecule has 0 aromatic heterocycles. The van der Waals surface area contributed by atoms with Gasteiger partial charge in [-0.2, -0.15) is 5.10 Å². The van der Waals surface area contributed by atoms with Gasteiger partial charge in [0.2, 0.25) is 0 Å². The molecule has 0 heterocycles. The monoisotopic (exact) mass is 435 g/mol. The van der Waals surface area contributed by atoms with Crippen molar-refractivity contribution in [2.45, 2.75) is 6.92 Å². The van der Waals surface area contributed by atoms with Gasteiger partial charge in [0, 0.05) is 11.1 Å². The molecule has 3 aromatic rings. The summed E-state index contributed by atoms with van der Waals surface area (Å²) in [5.41, 5.74) is 4.28. The summed E-state index contributed by atoms with van der Waals surface area (Å²) in [6.07, 6.45) is 0. The first-order valence-electron chi connectivity index (χ1n) is 9.66. The predicted octanol–water partition coefficient (Wildman–Crippen LogP) is 4.25. The van der Waals surface area contributed by atoms with Crippen molar-refractivity contribution < 1.29 is 23.5 Å². The zero-order valence-electron chi connectivity index (χ0n) is 17.8. The van der Waals surface area contributed by atoms with E-state index in [0.717, 1.165) is 0 Å². The minimum absolute atomic E-state index is 0.220. The van der Waals surface area contributed by atoms with Gasteiger partial charge >= 0.3 is 0 Å². The van der Waals surface area contributed by atoms with Crippen molar-refractivity contribution in [3.05, 3.63) is 89.2 Å². The van der Waals surface area contributed by atoms with Crippen molar-refractivity contribution in [2.75, 3.05) is 19.5 Å². The normalized spacial score (nSPS) is 10.9. The second-order valence-electron chi connectivity index (χ2n) is 6.72. The van der Waals surface area contributed by atoms with E-state index in [1.807, 2.05) is 0 Å². The highest BCUT2D eigenvalue weighted by Gasteiger charge is 2.16. The Morgan fingerprint density at radius 1 is 0.844 bits per heavy atom. The fourth-order valence-corrected chi connectivity index (χ4v) is 2.93. The number of halogens is 1. The Bertz CT molecular complexity index is 1180. The lowest BCUT2D eigenvalue weighted by Gasteiger charge is -2.12. The van der Waals surface area contributed by atoms with Gasteiger partial charge in [0.05, 0.1) is 31.2 Å². The van der Waals surface area contributed by atoms with Crippen molar-refractivity contribution >= 4 is 23.2 Å². The molecular formula is C24H22FN3O4. The van der Waals surface area contributed by atoms with Crippen LogP contribution in [0.4, 0.5) is 10.1 Å². The smallest absolute Gasteiger partial charge is 0.273 e. The maximum absolute atomic E-state index is 13.4. The minimum Gasteiger partial charge on any atom is -0.493 e. The number of anilines is 1.